The molecule has 0 aromatic carbocycles. The van der Waals surface area contributed by atoms with E-state index in [9.17, 15) is 0 Å². The molecule has 0 aliphatic heterocycles. The van der Waals surface area contributed by atoms with Gasteiger partial charge in [-0.1, -0.05) is 0 Å². The van der Waals surface area contributed by atoms with Gasteiger partial charge in [-0.15, -0.1) is 0 Å². The van der Waals surface area contributed by atoms with E-state index in [1.165, 1.54) is 0 Å². The van der Waals surface area contributed by atoms with Gasteiger partial charge >= 0.3 is 229 Å². The molecule has 0 saturated carbocycles. The first-order chi connectivity index (χ1) is 6.00. The first kappa shape index (κ1) is 63.2. The maximum atomic E-state index is 8.63. The van der Waals surface area contributed by atoms with Crippen LogP contribution in [0.2, 0.25) is 0 Å². The molecular formula is Bi2Ce2Mo3O15. The van der Waals surface area contributed by atoms with Gasteiger partial charge in [-0.2, -0.15) is 0 Å². The van der Waals surface area contributed by atoms with Gasteiger partial charge in [0.15, 0.2) is 0 Å². The van der Waals surface area contributed by atoms with Crippen LogP contribution < -0.4 is 22.6 Å². The Hall–Kier alpha value is 5.02. The van der Waals surface area contributed by atoms with Gasteiger partial charge in [0.25, 0.3) is 0 Å². The van der Waals surface area contributed by atoms with Crippen molar-refractivity contribution in [2.24, 2.45) is 0 Å². The summed E-state index contributed by atoms with van der Waals surface area (Å²) in [6, 6.07) is 0. The minimum absolute atomic E-state index is 0. The van der Waals surface area contributed by atoms with Crippen LogP contribution in [0.15, 0.2) is 0 Å². The molecular weight excluding hydrogens is 1230 g/mol. The Labute approximate surface area is 239 Å². The van der Waals surface area contributed by atoms with Crippen molar-refractivity contribution in [3.05, 3.63) is 0 Å². The summed E-state index contributed by atoms with van der Waals surface area (Å²) in [7, 11) is 0. The first-order valence-corrected chi connectivity index (χ1v) is 11.8. The molecule has 0 heterocycles. The summed E-state index contributed by atoms with van der Waals surface area (Å²) < 4.78 is 104. The van der Waals surface area contributed by atoms with Crippen LogP contribution in [-0.2, 0) is 87.1 Å². The van der Waals surface area contributed by atoms with Crippen molar-refractivity contribution in [2.75, 3.05) is 0 Å². The average Bonchev–Trinajstić information content (AvgIpc) is 1.41. The Balaban J connectivity index is -0.0000000106. The number of hydrogen-bond donors (Lipinski definition) is 0. The van der Waals surface area contributed by atoms with Crippen molar-refractivity contribution in [1.82, 2.24) is 0 Å². The van der Waals surface area contributed by atoms with Gasteiger partial charge in [-0.05, 0) is 0 Å². The topological polar surface area (TPSA) is 326 Å². The third kappa shape index (κ3) is 572. The standard InChI is InChI=1S/2Bi.2Ce.3Mo.15O/q4*+3;;;;;;;;;;3*-2;6*-1. The molecule has 0 aliphatic carbocycles. The molecule has 6 radical (unpaired) electrons. The molecule has 0 rings (SSSR count). The second-order valence-electron chi connectivity index (χ2n) is 1.22. The molecule has 126 valence electrons. The minimum atomic E-state index is -6.02. The van der Waals surface area contributed by atoms with E-state index in [4.69, 9.17) is 42.9 Å². The summed E-state index contributed by atoms with van der Waals surface area (Å²) in [6.07, 6.45) is 0. The first-order valence-electron chi connectivity index (χ1n) is 2.00. The molecule has 0 N–H and O–H groups in total. The van der Waals surface area contributed by atoms with Crippen molar-refractivity contribution in [3.63, 3.8) is 0 Å². The predicted molar refractivity (Wildman–Crippen MR) is 17.7 cm³/mol. The van der Waals surface area contributed by atoms with E-state index in [0.29, 0.717) is 0 Å². The molecule has 15 nitrogen and oxygen atoms in total. The molecule has 22 heavy (non-hydrogen) atoms. The summed E-state index contributed by atoms with van der Waals surface area (Å²) in [5, 5.41) is 0. The third-order valence-electron chi connectivity index (χ3n) is 0. The Morgan fingerprint density at radius 2 is 0.409 bits per heavy atom. The summed E-state index contributed by atoms with van der Waals surface area (Å²) in [5.74, 6) is 0. The summed E-state index contributed by atoms with van der Waals surface area (Å²) >= 11 is -18.1. The monoisotopic (exact) mass is 1230 g/mol. The fourth-order valence-electron chi connectivity index (χ4n) is 0. The fourth-order valence-corrected chi connectivity index (χ4v) is 0. The van der Waals surface area contributed by atoms with Gasteiger partial charge < -0.3 is 16.4 Å². The average molecular weight is 1230 g/mol. The Kier molecular flexibility index (Phi) is 88.2. The van der Waals surface area contributed by atoms with Gasteiger partial charge in [0.05, 0.1) is 0 Å². The summed E-state index contributed by atoms with van der Waals surface area (Å²) in [5.41, 5.74) is 0. The van der Waals surface area contributed by atoms with Crippen LogP contribution in [0, 0.1) is 83.5 Å². The molecule has 0 bridgehead atoms. The van der Waals surface area contributed by atoms with E-state index in [1.54, 1.807) is 0 Å². The van der Waals surface area contributed by atoms with Crippen LogP contribution in [-0.4, -0.2) is 52.4 Å². The predicted octanol–water partition coefficient (Wildman–Crippen LogP) is -8.97. The van der Waals surface area contributed by atoms with Crippen molar-refractivity contribution in [1.29, 1.82) is 0 Å². The number of rotatable bonds is 0. The zero-order valence-corrected chi connectivity index (χ0v) is 28.5. The quantitative estimate of drug-likeness (QED) is 0.204. The Morgan fingerprint density at radius 1 is 0.409 bits per heavy atom. The molecule has 0 fully saturated rings. The van der Waals surface area contributed by atoms with Crippen LogP contribution in [0.4, 0.5) is 0 Å². The van der Waals surface area contributed by atoms with E-state index in [1.807, 2.05) is 0 Å². The fraction of sp³-hybridized carbons (Fsp3) is 0. The van der Waals surface area contributed by atoms with Gasteiger partial charge in [0, 0.05) is 0 Å². The van der Waals surface area contributed by atoms with Crippen molar-refractivity contribution < 1.29 is 193 Å². The Bertz CT molecular complexity index is 352. The van der Waals surface area contributed by atoms with Crippen LogP contribution in [0.5, 0.6) is 0 Å². The van der Waals surface area contributed by atoms with Crippen LogP contribution in [0.25, 0.3) is 0 Å². The van der Waals surface area contributed by atoms with Crippen LogP contribution in [0.3, 0.4) is 0 Å². The van der Waals surface area contributed by atoms with E-state index < -0.39 is 50.2 Å². The molecule has 0 amide bonds. The van der Waals surface area contributed by atoms with Crippen molar-refractivity contribution in [2.45, 2.75) is 0 Å². The second-order valence-corrected chi connectivity index (χ2v) is 7.25. The zero-order valence-electron chi connectivity index (χ0n) is 9.24. The van der Waals surface area contributed by atoms with Crippen LogP contribution in [0.1, 0.15) is 0 Å². The number of hydrogen-bond acceptors (Lipinski definition) is 12. The van der Waals surface area contributed by atoms with E-state index in [0.717, 1.165) is 0 Å². The zero-order chi connectivity index (χ0) is 13.5. The van der Waals surface area contributed by atoms with Gasteiger partial charge in [-0.25, -0.2) is 0 Å². The molecule has 0 unspecified atom stereocenters. The molecule has 22 heteroatoms. The summed E-state index contributed by atoms with van der Waals surface area (Å²) in [4.78, 5) is 0. The van der Waals surface area contributed by atoms with Gasteiger partial charge in [0.2, 0.25) is 0 Å². The summed E-state index contributed by atoms with van der Waals surface area (Å²) in [6.45, 7) is 0. The molecule has 0 aliphatic rings. The van der Waals surface area contributed by atoms with Gasteiger partial charge in [-0.3, -0.25) is 0 Å². The Morgan fingerprint density at radius 3 is 0.409 bits per heavy atom. The van der Waals surface area contributed by atoms with Gasteiger partial charge in [0.1, 0.15) is 0 Å². The van der Waals surface area contributed by atoms with E-state index in [-0.39, 0.29) is 152 Å². The third-order valence-corrected chi connectivity index (χ3v) is 0. The van der Waals surface area contributed by atoms with Crippen molar-refractivity contribution >= 4 is 52.4 Å². The van der Waals surface area contributed by atoms with Crippen LogP contribution >= 0.6 is 0 Å². The molecule has 0 aromatic rings. The van der Waals surface area contributed by atoms with E-state index in [2.05, 4.69) is 0 Å². The normalized spacial score (nSPS) is 7.91. The SMILES string of the molecule is [Bi+3].[Bi+3].[Ce+3].[Ce+3].[O-2].[O-2].[O-2].[O]=[Mo](=[O])([O-])[O-].[O]=[Mo](=[O])([O-])[O-].[O]=[Mo](=[O])([O-])[O-]. The second kappa shape index (κ2) is 30.7. The maximum absolute atomic E-state index is 8.63. The van der Waals surface area contributed by atoms with Crippen molar-refractivity contribution in [3.8, 4) is 0 Å². The molecule has 0 aromatic heterocycles. The molecule has 0 spiro atoms. The molecule has 0 saturated heterocycles. The van der Waals surface area contributed by atoms with E-state index >= 15 is 0 Å². The molecule has 0 atom stereocenters.